The summed E-state index contributed by atoms with van der Waals surface area (Å²) in [7, 11) is 4.85. The number of aryl methyl sites for hydroxylation is 1. The molecule has 33 heavy (non-hydrogen) atoms. The molecular weight excluding hydrogens is 420 g/mol. The van der Waals surface area contributed by atoms with Crippen molar-refractivity contribution in [3.05, 3.63) is 77.4 Å². The van der Waals surface area contributed by atoms with Crippen LogP contribution >= 0.6 is 0 Å². The van der Waals surface area contributed by atoms with Crippen LogP contribution in [-0.2, 0) is 11.3 Å². The Labute approximate surface area is 192 Å². The van der Waals surface area contributed by atoms with Crippen LogP contribution in [0.3, 0.4) is 0 Å². The van der Waals surface area contributed by atoms with Gasteiger partial charge >= 0.3 is 0 Å². The van der Waals surface area contributed by atoms with Gasteiger partial charge < -0.3 is 28.9 Å². The monoisotopic (exact) mass is 448 g/mol. The minimum Gasteiger partial charge on any atom is -0.496 e. The predicted octanol–water partition coefficient (Wildman–Crippen LogP) is 4.93. The molecule has 2 aromatic carbocycles. The average Bonchev–Trinajstić information content (AvgIpc) is 3.46. The van der Waals surface area contributed by atoms with E-state index in [0.29, 0.717) is 18.0 Å². The van der Waals surface area contributed by atoms with Gasteiger partial charge in [0.1, 0.15) is 17.3 Å². The summed E-state index contributed by atoms with van der Waals surface area (Å²) in [6, 6.07) is 15.3. The molecular formula is C26H28N2O5. The second-order valence-corrected chi connectivity index (χ2v) is 7.79. The van der Waals surface area contributed by atoms with E-state index in [0.717, 1.165) is 39.3 Å². The van der Waals surface area contributed by atoms with Crippen molar-refractivity contribution in [1.82, 2.24) is 10.3 Å². The summed E-state index contributed by atoms with van der Waals surface area (Å²) in [5.41, 5.74) is 2.85. The van der Waals surface area contributed by atoms with Gasteiger partial charge in [0.2, 0.25) is 5.91 Å². The molecule has 0 unspecified atom stereocenters. The molecule has 0 saturated carbocycles. The molecule has 172 valence electrons. The zero-order valence-corrected chi connectivity index (χ0v) is 19.2. The topological polar surface area (TPSA) is 85.7 Å². The van der Waals surface area contributed by atoms with Gasteiger partial charge in [0.15, 0.2) is 11.5 Å². The van der Waals surface area contributed by atoms with Crippen LogP contribution in [0.15, 0.2) is 59.1 Å². The van der Waals surface area contributed by atoms with E-state index in [1.165, 1.54) is 0 Å². The van der Waals surface area contributed by atoms with E-state index >= 15 is 0 Å². The molecule has 2 N–H and O–H groups in total. The van der Waals surface area contributed by atoms with Gasteiger partial charge in [0.25, 0.3) is 0 Å². The summed E-state index contributed by atoms with van der Waals surface area (Å²) in [4.78, 5) is 16.3. The van der Waals surface area contributed by atoms with E-state index in [4.69, 9.17) is 18.6 Å². The highest BCUT2D eigenvalue weighted by Gasteiger charge is 2.24. The average molecular weight is 449 g/mol. The Balaban J connectivity index is 1.71. The Morgan fingerprint density at radius 3 is 2.48 bits per heavy atom. The number of nitrogens with one attached hydrogen (secondary N) is 2. The Hall–Kier alpha value is -3.87. The van der Waals surface area contributed by atoms with Crippen LogP contribution in [0.5, 0.6) is 17.2 Å². The number of hydrogen-bond donors (Lipinski definition) is 2. The maximum absolute atomic E-state index is 13.0. The van der Waals surface area contributed by atoms with Gasteiger partial charge in [-0.15, -0.1) is 0 Å². The Kier molecular flexibility index (Phi) is 6.58. The van der Waals surface area contributed by atoms with E-state index in [-0.39, 0.29) is 18.2 Å². The molecule has 0 saturated heterocycles. The second-order valence-electron chi connectivity index (χ2n) is 7.79. The number of H-pyrrole nitrogens is 1. The number of hydrogen-bond acceptors (Lipinski definition) is 5. The van der Waals surface area contributed by atoms with Gasteiger partial charge in [0.05, 0.1) is 27.9 Å². The van der Waals surface area contributed by atoms with E-state index in [9.17, 15) is 4.79 Å². The van der Waals surface area contributed by atoms with Crippen LogP contribution in [0, 0.1) is 6.92 Å². The SMILES string of the molecule is COc1ccc([C@@H](CC(=O)NCc2ccc(C)o2)c2c[nH]c3cccc(OC)c23)cc1OC. The fraction of sp³-hybridized carbons (Fsp3) is 0.269. The minimum absolute atomic E-state index is 0.0897. The smallest absolute Gasteiger partial charge is 0.221 e. The summed E-state index contributed by atoms with van der Waals surface area (Å²) >= 11 is 0. The largest absolute Gasteiger partial charge is 0.496 e. The lowest BCUT2D eigenvalue weighted by Gasteiger charge is -2.19. The molecule has 1 amide bonds. The maximum atomic E-state index is 13.0. The zero-order chi connectivity index (χ0) is 23.4. The van der Waals surface area contributed by atoms with Crippen molar-refractivity contribution in [3.63, 3.8) is 0 Å². The Bertz CT molecular complexity index is 1260. The number of furan rings is 1. The minimum atomic E-state index is -0.242. The normalized spacial score (nSPS) is 11.9. The molecule has 7 nitrogen and oxygen atoms in total. The third-order valence-electron chi connectivity index (χ3n) is 5.75. The molecule has 0 spiro atoms. The van der Waals surface area contributed by atoms with Crippen molar-refractivity contribution in [2.45, 2.75) is 25.8 Å². The van der Waals surface area contributed by atoms with Gasteiger partial charge in [-0.25, -0.2) is 0 Å². The highest BCUT2D eigenvalue weighted by atomic mass is 16.5. The van der Waals surface area contributed by atoms with Crippen LogP contribution in [-0.4, -0.2) is 32.2 Å². The van der Waals surface area contributed by atoms with Crippen LogP contribution in [0.4, 0.5) is 0 Å². The number of aromatic amines is 1. The molecule has 0 aliphatic rings. The molecule has 4 rings (SSSR count). The Morgan fingerprint density at radius 2 is 1.79 bits per heavy atom. The highest BCUT2D eigenvalue weighted by Crippen LogP contribution is 2.40. The molecule has 4 aromatic rings. The first-order valence-corrected chi connectivity index (χ1v) is 10.7. The predicted molar refractivity (Wildman–Crippen MR) is 126 cm³/mol. The number of aromatic nitrogens is 1. The zero-order valence-electron chi connectivity index (χ0n) is 19.2. The molecule has 0 aliphatic carbocycles. The van der Waals surface area contributed by atoms with Crippen LogP contribution in [0.25, 0.3) is 10.9 Å². The van der Waals surface area contributed by atoms with E-state index < -0.39 is 0 Å². The van der Waals surface area contributed by atoms with Gasteiger partial charge in [-0.3, -0.25) is 4.79 Å². The number of carbonyl (C=O) groups excluding carboxylic acids is 1. The van der Waals surface area contributed by atoms with E-state index in [1.54, 1.807) is 21.3 Å². The van der Waals surface area contributed by atoms with E-state index in [2.05, 4.69) is 10.3 Å². The summed E-state index contributed by atoms with van der Waals surface area (Å²) in [5, 5.41) is 3.93. The standard InChI is InChI=1S/C26H28N2O5/c1-16-8-10-18(33-16)14-28-25(29)13-19(17-9-11-22(30-2)24(12-17)32-4)20-15-27-21-6-5-7-23(31-3)26(20)21/h5-12,15,19,27H,13-14H2,1-4H3,(H,28,29)/t19-/m1/s1. The molecule has 2 heterocycles. The lowest BCUT2D eigenvalue weighted by atomic mass is 9.87. The van der Waals surface area contributed by atoms with E-state index in [1.807, 2.05) is 61.7 Å². The second kappa shape index (κ2) is 9.73. The van der Waals surface area contributed by atoms with Crippen molar-refractivity contribution >= 4 is 16.8 Å². The van der Waals surface area contributed by atoms with Crippen molar-refractivity contribution in [3.8, 4) is 17.2 Å². The van der Waals surface area contributed by atoms with Gasteiger partial charge in [-0.05, 0) is 54.4 Å². The summed E-state index contributed by atoms with van der Waals surface area (Å²) in [6.07, 6.45) is 2.18. The lowest BCUT2D eigenvalue weighted by Crippen LogP contribution is -2.24. The molecule has 0 radical (unpaired) electrons. The first kappa shape index (κ1) is 22.3. The summed E-state index contributed by atoms with van der Waals surface area (Å²) < 4.78 is 22.1. The Morgan fingerprint density at radius 1 is 1.00 bits per heavy atom. The maximum Gasteiger partial charge on any atom is 0.221 e. The number of fused-ring (bicyclic) bond motifs is 1. The molecule has 1 atom stereocenters. The first-order chi connectivity index (χ1) is 16.0. The third-order valence-corrected chi connectivity index (χ3v) is 5.75. The third kappa shape index (κ3) is 4.67. The number of benzene rings is 2. The molecule has 7 heteroatoms. The summed E-state index contributed by atoms with van der Waals surface area (Å²) in [6.45, 7) is 2.21. The summed E-state index contributed by atoms with van der Waals surface area (Å²) in [5.74, 6) is 3.19. The van der Waals surface area contributed by atoms with Crippen molar-refractivity contribution in [2.75, 3.05) is 21.3 Å². The fourth-order valence-corrected chi connectivity index (χ4v) is 4.12. The number of rotatable bonds is 9. The quantitative estimate of drug-likeness (QED) is 0.379. The molecule has 2 aromatic heterocycles. The van der Waals surface area contributed by atoms with Crippen molar-refractivity contribution in [2.24, 2.45) is 0 Å². The molecule has 0 aliphatic heterocycles. The number of methoxy groups -OCH3 is 3. The molecule has 0 fully saturated rings. The number of amides is 1. The van der Waals surface area contributed by atoms with Gasteiger partial charge in [-0.1, -0.05) is 12.1 Å². The fourth-order valence-electron chi connectivity index (χ4n) is 4.12. The molecule has 0 bridgehead atoms. The van der Waals surface area contributed by atoms with Crippen LogP contribution in [0.2, 0.25) is 0 Å². The van der Waals surface area contributed by atoms with Gasteiger partial charge in [-0.2, -0.15) is 0 Å². The van der Waals surface area contributed by atoms with Crippen molar-refractivity contribution in [1.29, 1.82) is 0 Å². The number of carbonyl (C=O) groups is 1. The number of ether oxygens (including phenoxy) is 3. The van der Waals surface area contributed by atoms with Crippen LogP contribution < -0.4 is 19.5 Å². The lowest BCUT2D eigenvalue weighted by molar-refractivity contribution is -0.121. The van der Waals surface area contributed by atoms with Crippen LogP contribution in [0.1, 0.15) is 35.0 Å². The van der Waals surface area contributed by atoms with Gasteiger partial charge in [0, 0.05) is 29.4 Å². The highest BCUT2D eigenvalue weighted by molar-refractivity contribution is 5.91. The van der Waals surface area contributed by atoms with Crippen molar-refractivity contribution < 1.29 is 23.4 Å². The first-order valence-electron chi connectivity index (χ1n) is 10.7.